The van der Waals surface area contributed by atoms with Crippen LogP contribution in [0.25, 0.3) is 11.3 Å². The van der Waals surface area contributed by atoms with Crippen LogP contribution in [0.1, 0.15) is 48.4 Å². The molecule has 5 heterocycles. The van der Waals surface area contributed by atoms with E-state index in [1.54, 1.807) is 24.4 Å². The number of fused-ring (bicyclic) bond motifs is 2. The monoisotopic (exact) mass is 444 g/mol. The fourth-order valence-corrected chi connectivity index (χ4v) is 4.79. The van der Waals surface area contributed by atoms with Gasteiger partial charge < -0.3 is 9.72 Å². The Morgan fingerprint density at radius 2 is 2.03 bits per heavy atom. The lowest BCUT2D eigenvalue weighted by Crippen LogP contribution is -2.28. The molecule has 1 aliphatic heterocycles. The normalized spacial score (nSPS) is 18.8. The molecular formula is C25H28N6O2. The highest BCUT2D eigenvalue weighted by Gasteiger charge is 2.28. The molecular weight excluding hydrogens is 416 g/mol. The van der Waals surface area contributed by atoms with Crippen molar-refractivity contribution in [2.75, 3.05) is 6.54 Å². The highest BCUT2D eigenvalue weighted by atomic mass is 16.2. The van der Waals surface area contributed by atoms with E-state index in [0.29, 0.717) is 11.7 Å². The number of nitrogens with one attached hydrogen (secondary N) is 1. The van der Waals surface area contributed by atoms with E-state index < -0.39 is 5.91 Å². The molecule has 1 aliphatic rings. The second-order valence-electron chi connectivity index (χ2n) is 8.96. The highest BCUT2D eigenvalue weighted by Crippen LogP contribution is 2.26. The minimum absolute atomic E-state index is 0.0996. The molecule has 1 N–H and O–H groups in total. The first-order valence-electron chi connectivity index (χ1n) is 11.5. The summed E-state index contributed by atoms with van der Waals surface area (Å²) < 4.78 is 3.42. The fraction of sp³-hybridized carbons (Fsp3) is 0.360. The zero-order valence-electron chi connectivity index (χ0n) is 18.9. The van der Waals surface area contributed by atoms with Crippen molar-refractivity contribution in [1.82, 2.24) is 29.0 Å². The first kappa shape index (κ1) is 21.3. The standard InChI is InChI=1S/C25H28N6O2/c1-3-20-10-17(2)13-29(20)14-18-7-8-22-27-19(16-30(22)15-18)12-26-25(33)21-11-24(32)31-9-5-4-6-23(31)28-21/h4-9,11,15-17,20H,3,10,12-14H2,1-2H3,(H,26,33). The lowest BCUT2D eigenvalue weighted by Gasteiger charge is -2.23. The van der Waals surface area contributed by atoms with Gasteiger partial charge in [-0.1, -0.05) is 26.0 Å². The van der Waals surface area contributed by atoms with Crippen LogP contribution >= 0.6 is 0 Å². The van der Waals surface area contributed by atoms with Crippen molar-refractivity contribution in [1.29, 1.82) is 0 Å². The molecule has 0 aliphatic carbocycles. The SMILES string of the molecule is CCC1CC(C)CN1Cc1ccc2nc(CNC(=O)c3cc(=O)n4ccccc4n3)cn2c1. The summed E-state index contributed by atoms with van der Waals surface area (Å²) in [6.07, 6.45) is 8.14. The van der Waals surface area contributed by atoms with Gasteiger partial charge in [-0.05, 0) is 42.5 Å². The second kappa shape index (κ2) is 8.78. The molecule has 8 heteroatoms. The number of nitrogens with zero attached hydrogens (tertiary/aromatic N) is 5. The largest absolute Gasteiger partial charge is 0.345 e. The van der Waals surface area contributed by atoms with Gasteiger partial charge in [0.1, 0.15) is 17.0 Å². The number of rotatable bonds is 6. The molecule has 4 aromatic rings. The van der Waals surface area contributed by atoms with Crippen LogP contribution in [0.2, 0.25) is 0 Å². The van der Waals surface area contributed by atoms with Gasteiger partial charge in [0.05, 0.1) is 12.2 Å². The Morgan fingerprint density at radius 3 is 2.88 bits per heavy atom. The number of amides is 1. The predicted molar refractivity (Wildman–Crippen MR) is 126 cm³/mol. The van der Waals surface area contributed by atoms with Gasteiger partial charge in [-0.3, -0.25) is 18.9 Å². The van der Waals surface area contributed by atoms with E-state index in [1.165, 1.54) is 28.9 Å². The zero-order valence-corrected chi connectivity index (χ0v) is 18.9. The molecule has 170 valence electrons. The molecule has 0 aromatic carbocycles. The number of carbonyl (C=O) groups excluding carboxylic acids is 1. The molecule has 2 unspecified atom stereocenters. The number of pyridine rings is 2. The number of carbonyl (C=O) groups is 1. The third-order valence-electron chi connectivity index (χ3n) is 6.39. The topological polar surface area (TPSA) is 84.0 Å². The summed E-state index contributed by atoms with van der Waals surface area (Å²) in [5.74, 6) is 0.348. The Morgan fingerprint density at radius 1 is 1.15 bits per heavy atom. The molecule has 2 atom stereocenters. The first-order chi connectivity index (χ1) is 16.0. The molecule has 8 nitrogen and oxygen atoms in total. The van der Waals surface area contributed by atoms with Crippen molar-refractivity contribution in [3.05, 3.63) is 82.3 Å². The van der Waals surface area contributed by atoms with Gasteiger partial charge in [0.25, 0.3) is 11.5 Å². The molecule has 5 rings (SSSR count). The van der Waals surface area contributed by atoms with Crippen LogP contribution in [0.5, 0.6) is 0 Å². The van der Waals surface area contributed by atoms with E-state index in [2.05, 4.69) is 46.3 Å². The number of hydrogen-bond acceptors (Lipinski definition) is 5. The second-order valence-corrected chi connectivity index (χ2v) is 8.96. The number of imidazole rings is 1. The molecule has 0 spiro atoms. The van der Waals surface area contributed by atoms with Crippen molar-refractivity contribution < 1.29 is 4.79 Å². The highest BCUT2D eigenvalue weighted by molar-refractivity contribution is 5.92. The van der Waals surface area contributed by atoms with Gasteiger partial charge >= 0.3 is 0 Å². The molecule has 0 saturated carbocycles. The minimum Gasteiger partial charge on any atom is -0.345 e. The minimum atomic E-state index is -0.398. The van der Waals surface area contributed by atoms with E-state index in [-0.39, 0.29) is 17.8 Å². The van der Waals surface area contributed by atoms with Crippen LogP contribution in [0.3, 0.4) is 0 Å². The lowest BCUT2D eigenvalue weighted by molar-refractivity contribution is 0.0945. The van der Waals surface area contributed by atoms with Gasteiger partial charge in [0.2, 0.25) is 0 Å². The van der Waals surface area contributed by atoms with E-state index in [0.717, 1.165) is 30.3 Å². The Bertz CT molecular complexity index is 1370. The Balaban J connectivity index is 1.28. The third-order valence-corrected chi connectivity index (χ3v) is 6.39. The van der Waals surface area contributed by atoms with Gasteiger partial charge in [-0.15, -0.1) is 0 Å². The molecule has 1 fully saturated rings. The van der Waals surface area contributed by atoms with E-state index in [9.17, 15) is 9.59 Å². The third kappa shape index (κ3) is 4.39. The zero-order chi connectivity index (χ0) is 22.9. The summed E-state index contributed by atoms with van der Waals surface area (Å²) in [7, 11) is 0. The maximum absolute atomic E-state index is 12.6. The van der Waals surface area contributed by atoms with Gasteiger partial charge in [0.15, 0.2) is 0 Å². The summed E-state index contributed by atoms with van der Waals surface area (Å²) in [5.41, 5.74) is 3.09. The van der Waals surface area contributed by atoms with Crippen molar-refractivity contribution >= 4 is 17.2 Å². The molecule has 1 saturated heterocycles. The molecule has 4 aromatic heterocycles. The number of aromatic nitrogens is 4. The van der Waals surface area contributed by atoms with Crippen LogP contribution < -0.4 is 10.9 Å². The molecule has 33 heavy (non-hydrogen) atoms. The van der Waals surface area contributed by atoms with E-state index >= 15 is 0 Å². The van der Waals surface area contributed by atoms with Crippen molar-refractivity contribution in [2.45, 2.75) is 45.8 Å². The maximum atomic E-state index is 12.6. The van der Waals surface area contributed by atoms with Gasteiger partial charge in [-0.25, -0.2) is 9.97 Å². The summed E-state index contributed by atoms with van der Waals surface area (Å²) in [6, 6.07) is 11.3. The summed E-state index contributed by atoms with van der Waals surface area (Å²) in [6.45, 7) is 6.93. The fourth-order valence-electron chi connectivity index (χ4n) is 4.79. The van der Waals surface area contributed by atoms with Crippen LogP contribution in [-0.4, -0.2) is 42.2 Å². The van der Waals surface area contributed by atoms with Gasteiger partial charge in [-0.2, -0.15) is 0 Å². The summed E-state index contributed by atoms with van der Waals surface area (Å²) in [4.78, 5) is 36.3. The van der Waals surface area contributed by atoms with Crippen LogP contribution in [0, 0.1) is 5.92 Å². The predicted octanol–water partition coefficient (Wildman–Crippen LogP) is 2.89. The van der Waals surface area contributed by atoms with Crippen molar-refractivity contribution in [3.63, 3.8) is 0 Å². The van der Waals surface area contributed by atoms with E-state index in [1.807, 2.05) is 16.7 Å². The van der Waals surface area contributed by atoms with Crippen LogP contribution in [0.4, 0.5) is 0 Å². The van der Waals surface area contributed by atoms with Crippen molar-refractivity contribution in [3.8, 4) is 0 Å². The Hall–Kier alpha value is -3.52. The van der Waals surface area contributed by atoms with E-state index in [4.69, 9.17) is 0 Å². The molecule has 0 radical (unpaired) electrons. The number of hydrogen-bond donors (Lipinski definition) is 1. The quantitative estimate of drug-likeness (QED) is 0.494. The first-order valence-corrected chi connectivity index (χ1v) is 11.5. The van der Waals surface area contributed by atoms with Crippen LogP contribution in [0.15, 0.2) is 59.8 Å². The average molecular weight is 445 g/mol. The number of likely N-dealkylation sites (tertiary alicyclic amines) is 1. The Labute approximate surface area is 191 Å². The smallest absolute Gasteiger partial charge is 0.270 e. The maximum Gasteiger partial charge on any atom is 0.270 e. The molecule has 1 amide bonds. The van der Waals surface area contributed by atoms with Crippen molar-refractivity contribution in [2.24, 2.45) is 5.92 Å². The lowest BCUT2D eigenvalue weighted by atomic mass is 10.1. The Kier molecular flexibility index (Phi) is 5.68. The molecule has 0 bridgehead atoms. The average Bonchev–Trinajstić information content (AvgIpc) is 3.39. The summed E-state index contributed by atoms with van der Waals surface area (Å²) in [5, 5.41) is 2.83. The van der Waals surface area contributed by atoms with Crippen LogP contribution in [-0.2, 0) is 13.1 Å². The summed E-state index contributed by atoms with van der Waals surface area (Å²) >= 11 is 0. The van der Waals surface area contributed by atoms with Gasteiger partial charge in [0, 0.05) is 43.8 Å².